The van der Waals surface area contributed by atoms with Gasteiger partial charge in [0.2, 0.25) is 15.9 Å². The molecule has 0 heterocycles. The van der Waals surface area contributed by atoms with E-state index in [1.807, 2.05) is 31.2 Å². The lowest BCUT2D eigenvalue weighted by atomic mass is 9.91. The molecule has 0 bridgehead atoms. The normalized spacial score (nSPS) is 20.2. The van der Waals surface area contributed by atoms with Crippen molar-refractivity contribution in [2.45, 2.75) is 57.9 Å². The second kappa shape index (κ2) is 7.87. The molecule has 1 aromatic rings. The molecule has 138 valence electrons. The molecule has 1 atom stereocenters. The summed E-state index contributed by atoms with van der Waals surface area (Å²) in [5.74, 6) is 0.769. The van der Waals surface area contributed by atoms with Gasteiger partial charge in [0.15, 0.2) is 0 Å². The van der Waals surface area contributed by atoms with Crippen molar-refractivity contribution in [3.63, 3.8) is 0 Å². The Balaban J connectivity index is 1.54. The number of benzene rings is 1. The SMILES string of the molecule is C[C@H](NS(=O)(=O)CC1CCCCC1)c1ccc(NC(=O)C2CC2)cc1. The topological polar surface area (TPSA) is 75.3 Å². The lowest BCUT2D eigenvalue weighted by Gasteiger charge is -2.23. The van der Waals surface area contributed by atoms with Crippen LogP contribution < -0.4 is 10.0 Å². The van der Waals surface area contributed by atoms with E-state index in [1.54, 1.807) is 0 Å². The minimum atomic E-state index is -3.28. The van der Waals surface area contributed by atoms with E-state index in [0.29, 0.717) is 5.92 Å². The van der Waals surface area contributed by atoms with Gasteiger partial charge in [-0.3, -0.25) is 4.79 Å². The van der Waals surface area contributed by atoms with Gasteiger partial charge < -0.3 is 5.32 Å². The first-order chi connectivity index (χ1) is 11.9. The van der Waals surface area contributed by atoms with Gasteiger partial charge in [-0.15, -0.1) is 0 Å². The number of carbonyl (C=O) groups is 1. The summed E-state index contributed by atoms with van der Waals surface area (Å²) in [6.45, 7) is 1.86. The Morgan fingerprint density at radius 2 is 1.72 bits per heavy atom. The van der Waals surface area contributed by atoms with Gasteiger partial charge >= 0.3 is 0 Å². The quantitative estimate of drug-likeness (QED) is 0.776. The van der Waals surface area contributed by atoms with E-state index >= 15 is 0 Å². The second-order valence-corrected chi connectivity index (χ2v) is 9.31. The number of amides is 1. The van der Waals surface area contributed by atoms with Gasteiger partial charge in [0.05, 0.1) is 5.75 Å². The van der Waals surface area contributed by atoms with E-state index < -0.39 is 10.0 Å². The molecule has 2 fully saturated rings. The fourth-order valence-corrected chi connectivity index (χ4v) is 5.22. The summed E-state index contributed by atoms with van der Waals surface area (Å²) in [7, 11) is -3.28. The molecule has 2 saturated carbocycles. The van der Waals surface area contributed by atoms with Crippen molar-refractivity contribution in [2.75, 3.05) is 11.1 Å². The molecule has 25 heavy (non-hydrogen) atoms. The highest BCUT2D eigenvalue weighted by atomic mass is 32.2. The fraction of sp³-hybridized carbons (Fsp3) is 0.632. The highest BCUT2D eigenvalue weighted by Crippen LogP contribution is 2.30. The van der Waals surface area contributed by atoms with E-state index in [4.69, 9.17) is 0 Å². The predicted molar refractivity (Wildman–Crippen MR) is 99.7 cm³/mol. The largest absolute Gasteiger partial charge is 0.326 e. The van der Waals surface area contributed by atoms with E-state index in [-0.39, 0.29) is 23.6 Å². The highest BCUT2D eigenvalue weighted by molar-refractivity contribution is 7.89. The van der Waals surface area contributed by atoms with Crippen molar-refractivity contribution in [2.24, 2.45) is 11.8 Å². The maximum Gasteiger partial charge on any atom is 0.227 e. The molecule has 2 aliphatic rings. The van der Waals surface area contributed by atoms with Crippen LogP contribution in [0.15, 0.2) is 24.3 Å². The van der Waals surface area contributed by atoms with Gasteiger partial charge in [-0.1, -0.05) is 31.4 Å². The summed E-state index contributed by atoms with van der Waals surface area (Å²) in [4.78, 5) is 11.8. The van der Waals surface area contributed by atoms with Gasteiger partial charge in [0.25, 0.3) is 0 Å². The minimum absolute atomic E-state index is 0.0778. The first-order valence-electron chi connectivity index (χ1n) is 9.34. The van der Waals surface area contributed by atoms with Crippen molar-refractivity contribution in [3.05, 3.63) is 29.8 Å². The molecule has 2 aliphatic carbocycles. The van der Waals surface area contributed by atoms with Gasteiger partial charge in [0, 0.05) is 17.6 Å². The molecule has 1 aromatic carbocycles. The Morgan fingerprint density at radius 1 is 1.08 bits per heavy atom. The van der Waals surface area contributed by atoms with E-state index in [0.717, 1.165) is 49.8 Å². The van der Waals surface area contributed by atoms with Gasteiger partial charge in [-0.05, 0) is 56.2 Å². The minimum Gasteiger partial charge on any atom is -0.326 e. The third-order valence-corrected chi connectivity index (χ3v) is 6.79. The van der Waals surface area contributed by atoms with Crippen molar-refractivity contribution >= 4 is 21.6 Å². The van der Waals surface area contributed by atoms with Gasteiger partial charge in [-0.25, -0.2) is 13.1 Å². The van der Waals surface area contributed by atoms with Gasteiger partial charge in [0.1, 0.15) is 0 Å². The van der Waals surface area contributed by atoms with Crippen molar-refractivity contribution < 1.29 is 13.2 Å². The number of hydrogen-bond acceptors (Lipinski definition) is 3. The maximum atomic E-state index is 12.4. The van der Waals surface area contributed by atoms with Crippen LogP contribution in [-0.4, -0.2) is 20.1 Å². The van der Waals surface area contributed by atoms with Crippen LogP contribution >= 0.6 is 0 Å². The number of rotatable bonds is 7. The zero-order chi connectivity index (χ0) is 17.9. The van der Waals surface area contributed by atoms with E-state index in [9.17, 15) is 13.2 Å². The molecule has 5 nitrogen and oxygen atoms in total. The van der Waals surface area contributed by atoms with E-state index in [1.165, 1.54) is 6.42 Å². The lowest BCUT2D eigenvalue weighted by molar-refractivity contribution is -0.117. The third-order valence-electron chi connectivity index (χ3n) is 5.16. The van der Waals surface area contributed by atoms with Crippen LogP contribution in [0.1, 0.15) is 63.5 Å². The zero-order valence-corrected chi connectivity index (χ0v) is 15.6. The molecule has 0 unspecified atom stereocenters. The monoisotopic (exact) mass is 364 g/mol. The summed E-state index contributed by atoms with van der Waals surface area (Å²) in [5.41, 5.74) is 1.66. The highest BCUT2D eigenvalue weighted by Gasteiger charge is 2.29. The first-order valence-corrected chi connectivity index (χ1v) is 11.0. The molecule has 0 radical (unpaired) electrons. The number of hydrogen-bond donors (Lipinski definition) is 2. The molecule has 2 N–H and O–H groups in total. The lowest BCUT2D eigenvalue weighted by Crippen LogP contribution is -2.32. The van der Waals surface area contributed by atoms with Crippen LogP contribution in [0.25, 0.3) is 0 Å². The van der Waals surface area contributed by atoms with Crippen molar-refractivity contribution in [1.82, 2.24) is 4.72 Å². The predicted octanol–water partition coefficient (Wildman–Crippen LogP) is 3.60. The Bertz CT molecular complexity index is 690. The average Bonchev–Trinajstić information content (AvgIpc) is 3.40. The molecule has 0 saturated heterocycles. The van der Waals surface area contributed by atoms with Gasteiger partial charge in [-0.2, -0.15) is 0 Å². The summed E-state index contributed by atoms with van der Waals surface area (Å²) in [5, 5.41) is 2.89. The van der Waals surface area contributed by atoms with Crippen LogP contribution in [0.3, 0.4) is 0 Å². The van der Waals surface area contributed by atoms with Crippen LogP contribution in [0.5, 0.6) is 0 Å². The molecular weight excluding hydrogens is 336 g/mol. The summed E-state index contributed by atoms with van der Waals surface area (Å²) < 4.78 is 27.6. The summed E-state index contributed by atoms with van der Waals surface area (Å²) >= 11 is 0. The standard InChI is InChI=1S/C19H28N2O3S/c1-14(21-25(23,24)13-15-5-3-2-4-6-15)16-9-11-18(12-10-16)20-19(22)17-7-8-17/h9-12,14-15,17,21H,2-8,13H2,1H3,(H,20,22)/t14-/m0/s1. The number of nitrogens with one attached hydrogen (secondary N) is 2. The van der Waals surface area contributed by atoms with Crippen LogP contribution in [0.2, 0.25) is 0 Å². The van der Waals surface area contributed by atoms with E-state index in [2.05, 4.69) is 10.0 Å². The number of anilines is 1. The Labute approximate surface area is 150 Å². The zero-order valence-electron chi connectivity index (χ0n) is 14.8. The summed E-state index contributed by atoms with van der Waals surface area (Å²) in [6.07, 6.45) is 7.50. The third kappa shape index (κ3) is 5.54. The first kappa shape index (κ1) is 18.4. The second-order valence-electron chi connectivity index (χ2n) is 7.51. The molecule has 1 amide bonds. The molecular formula is C19H28N2O3S. The molecule has 6 heteroatoms. The molecule has 0 spiro atoms. The number of carbonyl (C=O) groups excluding carboxylic acids is 1. The van der Waals surface area contributed by atoms with Crippen LogP contribution in [0, 0.1) is 11.8 Å². The van der Waals surface area contributed by atoms with Crippen molar-refractivity contribution in [1.29, 1.82) is 0 Å². The average molecular weight is 365 g/mol. The smallest absolute Gasteiger partial charge is 0.227 e. The maximum absolute atomic E-state index is 12.4. The fourth-order valence-electron chi connectivity index (χ4n) is 3.49. The molecule has 0 aliphatic heterocycles. The molecule has 3 rings (SSSR count). The Morgan fingerprint density at radius 3 is 2.32 bits per heavy atom. The number of sulfonamides is 1. The van der Waals surface area contributed by atoms with Crippen LogP contribution in [-0.2, 0) is 14.8 Å². The van der Waals surface area contributed by atoms with Crippen LogP contribution in [0.4, 0.5) is 5.69 Å². The molecule has 0 aromatic heterocycles. The summed E-state index contributed by atoms with van der Waals surface area (Å²) in [6, 6.07) is 7.14. The van der Waals surface area contributed by atoms with Crippen molar-refractivity contribution in [3.8, 4) is 0 Å². The Kier molecular flexibility index (Phi) is 5.79. The Hall–Kier alpha value is -1.40.